The van der Waals surface area contributed by atoms with Gasteiger partial charge in [0, 0.05) is 58.0 Å². The maximum atomic E-state index is 15.0. The summed E-state index contributed by atoms with van der Waals surface area (Å²) in [5.41, 5.74) is 6.01. The van der Waals surface area contributed by atoms with E-state index in [-0.39, 0.29) is 69.2 Å². The zero-order chi connectivity index (χ0) is 80.3. The fourth-order valence-corrected chi connectivity index (χ4v) is 12.6. The first-order chi connectivity index (χ1) is 50.7. The Morgan fingerprint density at radius 2 is 0.852 bits per heavy atom. The van der Waals surface area contributed by atoms with Gasteiger partial charge < -0.3 is 86.9 Å². The standard InChI is InChI=1S/C68H91N11O27S2/c1-5-38(4)58(77-65(94)52-14-9-31-78(52)66(95)45(25-29-56(84)85)72-61(90)48(34-39-11-7-6-8-12-39)70-54(81)27-30-57(86)87)67(96)79-32-10-13-51(79)64(93)71-44(24-28-55(82)83)59(88)75-49(35-40-15-19-42(20-16-40)105-107(99,100)101)63(92)76-50(36-41-17-21-43(22-18-41)106-108(102,103)104)62(91)74-47(33-37(2)3)60(89)73-46(68(97)98)23-26-53(69)80/h6-8,11-12,15-22,37-38,44-52,58H,5,9-10,13-14,23-36H2,1-4H3,(H2,69,80)(H,70,81)(H,71,93)(H,72,90)(H,73,89)(H,74,91)(H,75,88)(H,76,92)(H,77,94)(H,82,83)(H,84,85)(H,86,87)(H,97,98)(H,99,100,101)(H,102,103,104)/t38-,44-,45-,46-,47-,48-,49-,50-,51-,52-,58-/m0/s1. The molecule has 0 saturated carbocycles. The lowest BCUT2D eigenvalue weighted by Gasteiger charge is -2.34. The number of hydrogen-bond donors (Lipinski definition) is 15. The molecule has 11 atom stereocenters. The number of rotatable bonds is 44. The SMILES string of the molecule is CC[C@H](C)[C@H](NC(=O)[C@@H]1CCCN1C(=O)[C@H](CCC(=O)O)NC(=O)[C@H](Cc1ccccc1)NC(=O)CCC(=O)O)C(=O)N1CCC[C@H]1C(=O)N[C@@H](CCC(=O)O)C(=O)N[C@@H](Cc1ccc(OS(=O)(=O)O)cc1)C(=O)N[C@@H](Cc1ccc(OS(=O)(=O)O)cc1)C(=O)N[C@@H](CC(C)C)C(=O)N[C@@H](CCC(N)=O)C(=O)O. The molecule has 2 aliphatic heterocycles. The lowest BCUT2D eigenvalue weighted by Crippen LogP contribution is -2.61. The van der Waals surface area contributed by atoms with Crippen LogP contribution in [-0.2, 0) is 112 Å². The summed E-state index contributed by atoms with van der Waals surface area (Å²) >= 11 is 0. The van der Waals surface area contributed by atoms with Gasteiger partial charge in [-0.1, -0.05) is 88.7 Å². The van der Waals surface area contributed by atoms with E-state index < -0.39 is 258 Å². The van der Waals surface area contributed by atoms with E-state index in [9.17, 15) is 118 Å². The van der Waals surface area contributed by atoms with E-state index in [1.807, 2.05) is 0 Å². The van der Waals surface area contributed by atoms with Crippen LogP contribution in [0.4, 0.5) is 0 Å². The van der Waals surface area contributed by atoms with Gasteiger partial charge in [-0.2, -0.15) is 16.8 Å². The Hall–Kier alpha value is -10.9. The molecule has 0 radical (unpaired) electrons. The molecule has 0 bridgehead atoms. The number of likely N-dealkylation sites (tertiary alicyclic amines) is 2. The van der Waals surface area contributed by atoms with Crippen molar-refractivity contribution >= 4 is 110 Å². The van der Waals surface area contributed by atoms with E-state index in [1.165, 1.54) is 24.3 Å². The lowest BCUT2D eigenvalue weighted by molar-refractivity contribution is -0.146. The summed E-state index contributed by atoms with van der Waals surface area (Å²) < 4.78 is 73.8. The summed E-state index contributed by atoms with van der Waals surface area (Å²) in [4.78, 5) is 205. The molecule has 0 unspecified atom stereocenters. The smallest absolute Gasteiger partial charge is 0.446 e. The molecule has 592 valence electrons. The average molecular weight is 1560 g/mol. The fourth-order valence-electron chi connectivity index (χ4n) is 11.9. The number of amides is 11. The highest BCUT2D eigenvalue weighted by molar-refractivity contribution is 7.81. The molecule has 5 rings (SSSR count). The molecule has 0 spiro atoms. The Morgan fingerprint density at radius 1 is 0.463 bits per heavy atom. The van der Waals surface area contributed by atoms with Gasteiger partial charge in [0.1, 0.15) is 71.9 Å². The predicted octanol–water partition coefficient (Wildman–Crippen LogP) is -1.03. The summed E-state index contributed by atoms with van der Waals surface area (Å²) in [6, 6.07) is 1.41. The van der Waals surface area contributed by atoms with Crippen LogP contribution in [0.15, 0.2) is 78.9 Å². The summed E-state index contributed by atoms with van der Waals surface area (Å²) in [6.07, 6.45) is -5.44. The van der Waals surface area contributed by atoms with Gasteiger partial charge in [0.25, 0.3) is 0 Å². The van der Waals surface area contributed by atoms with Crippen molar-refractivity contribution in [2.75, 3.05) is 13.1 Å². The number of primary amides is 1. The van der Waals surface area contributed by atoms with Crippen molar-refractivity contribution in [3.8, 4) is 11.5 Å². The van der Waals surface area contributed by atoms with Crippen molar-refractivity contribution < 1.29 is 127 Å². The molecular weight excluding hydrogens is 1470 g/mol. The van der Waals surface area contributed by atoms with Crippen LogP contribution < -0.4 is 56.6 Å². The molecule has 0 aliphatic carbocycles. The number of nitrogens with one attached hydrogen (secondary N) is 8. The van der Waals surface area contributed by atoms with Crippen molar-refractivity contribution in [2.24, 2.45) is 17.6 Å². The van der Waals surface area contributed by atoms with Crippen molar-refractivity contribution in [3.05, 3.63) is 95.6 Å². The number of carbonyl (C=O) groups is 15. The van der Waals surface area contributed by atoms with Crippen LogP contribution >= 0.6 is 0 Å². The quantitative estimate of drug-likeness (QED) is 0.0301. The monoisotopic (exact) mass is 1560 g/mol. The van der Waals surface area contributed by atoms with Gasteiger partial charge in [-0.3, -0.25) is 76.2 Å². The Labute approximate surface area is 621 Å². The summed E-state index contributed by atoms with van der Waals surface area (Å²) in [6.45, 7) is 6.42. The van der Waals surface area contributed by atoms with Gasteiger partial charge in [-0.05, 0) is 104 Å². The van der Waals surface area contributed by atoms with Crippen molar-refractivity contribution in [1.29, 1.82) is 0 Å². The molecule has 2 heterocycles. The lowest BCUT2D eigenvalue weighted by atomic mass is 9.96. The van der Waals surface area contributed by atoms with E-state index in [0.717, 1.165) is 34.1 Å². The first kappa shape index (κ1) is 87.8. The number of hydrogen-bond acceptors (Lipinski definition) is 21. The van der Waals surface area contributed by atoms with Gasteiger partial charge in [0.2, 0.25) is 65.0 Å². The van der Waals surface area contributed by atoms with E-state index in [1.54, 1.807) is 58.0 Å². The highest BCUT2D eigenvalue weighted by Gasteiger charge is 2.44. The number of aliphatic carboxylic acids is 4. The third kappa shape index (κ3) is 29.5. The average Bonchev–Trinajstić information content (AvgIpc) is 1.62. The third-order valence-electron chi connectivity index (χ3n) is 17.5. The van der Waals surface area contributed by atoms with Gasteiger partial charge in [0.15, 0.2) is 0 Å². The Morgan fingerprint density at radius 3 is 1.29 bits per heavy atom. The highest BCUT2D eigenvalue weighted by atomic mass is 32.3. The molecule has 16 N–H and O–H groups in total. The number of benzene rings is 3. The maximum Gasteiger partial charge on any atom is 0.446 e. The van der Waals surface area contributed by atoms with Crippen molar-refractivity contribution in [3.63, 3.8) is 0 Å². The molecule has 2 fully saturated rings. The third-order valence-corrected chi connectivity index (χ3v) is 18.3. The van der Waals surface area contributed by atoms with Crippen molar-refractivity contribution in [1.82, 2.24) is 52.3 Å². The predicted molar refractivity (Wildman–Crippen MR) is 375 cm³/mol. The summed E-state index contributed by atoms with van der Waals surface area (Å²) in [5.74, 6) is -18.4. The van der Waals surface area contributed by atoms with Crippen LogP contribution in [0.25, 0.3) is 0 Å². The maximum absolute atomic E-state index is 15.0. The van der Waals surface area contributed by atoms with Crippen molar-refractivity contribution in [2.45, 2.75) is 197 Å². The van der Waals surface area contributed by atoms with Crippen LogP contribution in [0.2, 0.25) is 0 Å². The second-order valence-corrected chi connectivity index (χ2v) is 28.4. The minimum absolute atomic E-state index is 0.0221. The Balaban J connectivity index is 1.45. The van der Waals surface area contributed by atoms with E-state index in [2.05, 4.69) is 50.9 Å². The van der Waals surface area contributed by atoms with E-state index in [0.29, 0.717) is 5.56 Å². The molecule has 2 saturated heterocycles. The minimum atomic E-state index is -5.07. The number of carboxylic acids is 4. The van der Waals surface area contributed by atoms with Gasteiger partial charge >= 0.3 is 44.7 Å². The summed E-state index contributed by atoms with van der Waals surface area (Å²) in [5, 5.41) is 58.6. The molecule has 0 aromatic heterocycles. The fraction of sp³-hybridized carbons (Fsp3) is 0.515. The molecule has 38 nitrogen and oxygen atoms in total. The van der Waals surface area contributed by atoms with Crippen LogP contribution in [0.5, 0.6) is 11.5 Å². The molecular formula is C68H91N11O27S2. The normalized spacial score (nSPS) is 16.7. The van der Waals surface area contributed by atoms with E-state index in [4.69, 9.17) is 5.73 Å². The highest BCUT2D eigenvalue weighted by Crippen LogP contribution is 2.26. The Kier molecular flexibility index (Phi) is 33.6. The molecule has 2 aliphatic rings. The minimum Gasteiger partial charge on any atom is -0.481 e. The Bertz CT molecular complexity index is 3980. The summed E-state index contributed by atoms with van der Waals surface area (Å²) in [7, 11) is -10.1. The van der Waals surface area contributed by atoms with Gasteiger partial charge in [-0.25, -0.2) is 4.79 Å². The van der Waals surface area contributed by atoms with Crippen LogP contribution in [0.1, 0.15) is 134 Å². The number of carboxylic acid groups (broad SMARTS) is 4. The number of carbonyl (C=O) groups excluding carboxylic acids is 11. The molecule has 40 heteroatoms. The van der Waals surface area contributed by atoms with Gasteiger partial charge in [-0.15, -0.1) is 0 Å². The van der Waals surface area contributed by atoms with E-state index >= 15 is 0 Å². The number of nitrogens with two attached hydrogens (primary N) is 1. The zero-order valence-electron chi connectivity index (χ0n) is 59.4. The van der Waals surface area contributed by atoms with Crippen LogP contribution in [0, 0.1) is 11.8 Å². The van der Waals surface area contributed by atoms with Crippen LogP contribution in [0.3, 0.4) is 0 Å². The van der Waals surface area contributed by atoms with Gasteiger partial charge in [0.05, 0.1) is 6.42 Å². The topological polar surface area (TPSA) is 593 Å². The molecule has 108 heavy (non-hydrogen) atoms. The molecule has 3 aromatic carbocycles. The second kappa shape index (κ2) is 41.3. The second-order valence-electron chi connectivity index (χ2n) is 26.4. The zero-order valence-corrected chi connectivity index (χ0v) is 61.0. The first-order valence-electron chi connectivity index (χ1n) is 34.5. The van der Waals surface area contributed by atoms with Crippen LogP contribution in [-0.4, -0.2) is 219 Å². The largest absolute Gasteiger partial charge is 0.481 e. The first-order valence-corrected chi connectivity index (χ1v) is 37.2. The molecule has 3 aromatic rings. The number of nitrogens with zero attached hydrogens (tertiary/aromatic N) is 2. The molecule has 11 amide bonds.